The molecule has 0 unspecified atom stereocenters. The number of nitrogens with one attached hydrogen (secondary N) is 1. The van der Waals surface area contributed by atoms with Gasteiger partial charge in [-0.05, 0) is 72.1 Å². The summed E-state index contributed by atoms with van der Waals surface area (Å²) in [5.41, 5.74) is 3.48. The van der Waals surface area contributed by atoms with Crippen molar-refractivity contribution in [3.05, 3.63) is 64.0 Å². The number of nitriles is 1. The Labute approximate surface area is 228 Å². The molecule has 38 heavy (non-hydrogen) atoms. The number of carbonyl (C=O) groups excluding carboxylic acids is 1. The first-order chi connectivity index (χ1) is 18.2. The standard InChI is InChI=1S/C30H33N3O4S/c1-30(2,3)20-11-12-21-22(16-31)29(38-27(21)15-20)32-17-19-10-13-25(26(14-19)36-5)37-18-28(34)33-23-8-6-7-9-24(23)35-4/h6-10,13-14,17,20H,11-12,15,18H2,1-5H3,(H,33,34)/t20-/m0/s1. The lowest BCUT2D eigenvalue weighted by molar-refractivity contribution is -0.118. The third-order valence-corrected chi connectivity index (χ3v) is 8.00. The van der Waals surface area contributed by atoms with Gasteiger partial charge in [0, 0.05) is 11.1 Å². The van der Waals surface area contributed by atoms with Crippen LogP contribution in [0.3, 0.4) is 0 Å². The van der Waals surface area contributed by atoms with Crippen molar-refractivity contribution in [1.82, 2.24) is 0 Å². The summed E-state index contributed by atoms with van der Waals surface area (Å²) in [5.74, 6) is 1.78. The van der Waals surface area contributed by atoms with Gasteiger partial charge >= 0.3 is 0 Å². The summed E-state index contributed by atoms with van der Waals surface area (Å²) < 4.78 is 16.5. The number of nitrogens with zero attached hydrogens (tertiary/aromatic N) is 2. The van der Waals surface area contributed by atoms with Gasteiger partial charge in [-0.25, -0.2) is 4.99 Å². The molecule has 0 fully saturated rings. The molecule has 8 heteroatoms. The molecule has 1 aromatic heterocycles. The molecule has 0 bridgehead atoms. The van der Waals surface area contributed by atoms with Gasteiger partial charge in [-0.15, -0.1) is 11.3 Å². The number of methoxy groups -OCH3 is 2. The first-order valence-corrected chi connectivity index (χ1v) is 13.4. The summed E-state index contributed by atoms with van der Waals surface area (Å²) in [6.45, 7) is 6.67. The van der Waals surface area contributed by atoms with Crippen LogP contribution in [0, 0.1) is 22.7 Å². The van der Waals surface area contributed by atoms with Crippen molar-refractivity contribution in [3.8, 4) is 23.3 Å². The van der Waals surface area contributed by atoms with Crippen LogP contribution in [0.2, 0.25) is 0 Å². The van der Waals surface area contributed by atoms with Crippen molar-refractivity contribution in [2.45, 2.75) is 40.0 Å². The molecule has 7 nitrogen and oxygen atoms in total. The van der Waals surface area contributed by atoms with E-state index in [-0.39, 0.29) is 17.9 Å². The van der Waals surface area contributed by atoms with E-state index < -0.39 is 0 Å². The summed E-state index contributed by atoms with van der Waals surface area (Å²) in [5, 5.41) is 13.4. The molecule has 4 rings (SSSR count). The van der Waals surface area contributed by atoms with E-state index in [9.17, 15) is 10.1 Å². The van der Waals surface area contributed by atoms with E-state index in [0.717, 1.165) is 35.4 Å². The van der Waals surface area contributed by atoms with Crippen LogP contribution in [0.5, 0.6) is 17.2 Å². The number of aliphatic imine (C=N–C) groups is 1. The van der Waals surface area contributed by atoms with Crippen LogP contribution in [0.15, 0.2) is 47.5 Å². The predicted molar refractivity (Wildman–Crippen MR) is 151 cm³/mol. The number of fused-ring (bicyclic) bond motifs is 1. The molecule has 1 amide bonds. The molecule has 0 saturated carbocycles. The predicted octanol–water partition coefficient (Wildman–Crippen LogP) is 6.56. The normalized spacial score (nSPS) is 15.0. The third-order valence-electron chi connectivity index (χ3n) is 6.84. The SMILES string of the molecule is COc1ccccc1NC(=O)COc1ccc(C=Nc2sc3c(c2C#N)CC[C@H](C(C)(C)C)C3)cc1OC. The van der Waals surface area contributed by atoms with Gasteiger partial charge in [-0.2, -0.15) is 5.26 Å². The molecule has 3 aromatic rings. The maximum atomic E-state index is 12.4. The fraction of sp³-hybridized carbons (Fsp3) is 0.367. The van der Waals surface area contributed by atoms with Gasteiger partial charge < -0.3 is 19.5 Å². The Morgan fingerprint density at radius 1 is 1.16 bits per heavy atom. The van der Waals surface area contributed by atoms with Crippen molar-refractivity contribution < 1.29 is 19.0 Å². The zero-order valence-electron chi connectivity index (χ0n) is 22.5. The minimum atomic E-state index is -0.318. The van der Waals surface area contributed by atoms with Gasteiger partial charge in [-0.1, -0.05) is 32.9 Å². The average Bonchev–Trinajstić information content (AvgIpc) is 3.27. The maximum Gasteiger partial charge on any atom is 0.262 e. The van der Waals surface area contributed by atoms with Crippen LogP contribution >= 0.6 is 11.3 Å². The van der Waals surface area contributed by atoms with Gasteiger partial charge in [-0.3, -0.25) is 4.79 Å². The molecule has 0 radical (unpaired) electrons. The van der Waals surface area contributed by atoms with Crippen molar-refractivity contribution in [1.29, 1.82) is 5.26 Å². The minimum absolute atomic E-state index is 0.191. The zero-order chi connectivity index (χ0) is 27.3. The Hall–Kier alpha value is -3.83. The lowest BCUT2D eigenvalue weighted by Crippen LogP contribution is -2.26. The van der Waals surface area contributed by atoms with E-state index in [1.165, 1.54) is 4.88 Å². The first-order valence-electron chi connectivity index (χ1n) is 12.6. The molecule has 198 valence electrons. The highest BCUT2D eigenvalue weighted by atomic mass is 32.1. The summed E-state index contributed by atoms with van der Waals surface area (Å²) in [4.78, 5) is 18.4. The second kappa shape index (κ2) is 11.7. The highest BCUT2D eigenvalue weighted by Crippen LogP contribution is 2.45. The molecule has 1 N–H and O–H groups in total. The first kappa shape index (κ1) is 27.2. The number of thiophene rings is 1. The number of carbonyl (C=O) groups is 1. The summed E-state index contributed by atoms with van der Waals surface area (Å²) in [7, 11) is 3.10. The topological polar surface area (TPSA) is 92.9 Å². The number of ether oxygens (including phenoxy) is 3. The van der Waals surface area contributed by atoms with E-state index in [0.29, 0.717) is 34.4 Å². The molecule has 0 aliphatic heterocycles. The number of anilines is 1. The van der Waals surface area contributed by atoms with E-state index in [1.54, 1.807) is 56.0 Å². The molecule has 0 spiro atoms. The molecule has 2 aromatic carbocycles. The van der Waals surface area contributed by atoms with Gasteiger partial charge in [0.05, 0.1) is 25.5 Å². The van der Waals surface area contributed by atoms with Crippen LogP contribution < -0.4 is 19.5 Å². The van der Waals surface area contributed by atoms with Crippen molar-refractivity contribution in [2.75, 3.05) is 26.1 Å². The van der Waals surface area contributed by atoms with Gasteiger partial charge in [0.15, 0.2) is 18.1 Å². The van der Waals surface area contributed by atoms with Crippen LogP contribution in [0.4, 0.5) is 10.7 Å². The van der Waals surface area contributed by atoms with E-state index in [4.69, 9.17) is 14.2 Å². The Morgan fingerprint density at radius 3 is 2.63 bits per heavy atom. The molecule has 1 atom stereocenters. The molecule has 1 aliphatic carbocycles. The molecular weight excluding hydrogens is 498 g/mol. The van der Waals surface area contributed by atoms with Crippen molar-refractivity contribution >= 4 is 34.1 Å². The molecule has 1 aliphatic rings. The zero-order valence-corrected chi connectivity index (χ0v) is 23.3. The number of hydrogen-bond acceptors (Lipinski definition) is 7. The Bertz CT molecular complexity index is 1380. The monoisotopic (exact) mass is 531 g/mol. The third kappa shape index (κ3) is 6.17. The lowest BCUT2D eigenvalue weighted by Gasteiger charge is -2.33. The molecule has 0 saturated heterocycles. The number of para-hydroxylation sites is 2. The van der Waals surface area contributed by atoms with Crippen LogP contribution in [-0.4, -0.2) is 32.9 Å². The second-order valence-corrected chi connectivity index (χ2v) is 11.4. The average molecular weight is 532 g/mol. The fourth-order valence-corrected chi connectivity index (χ4v) is 5.83. The fourth-order valence-electron chi connectivity index (χ4n) is 4.61. The van der Waals surface area contributed by atoms with Crippen molar-refractivity contribution in [2.24, 2.45) is 16.3 Å². The van der Waals surface area contributed by atoms with Gasteiger partial charge in [0.1, 0.15) is 16.8 Å². The lowest BCUT2D eigenvalue weighted by atomic mass is 9.72. The smallest absolute Gasteiger partial charge is 0.262 e. The number of benzene rings is 2. The number of hydrogen-bond donors (Lipinski definition) is 1. The Balaban J connectivity index is 1.45. The van der Waals surface area contributed by atoms with Gasteiger partial charge in [0.25, 0.3) is 5.91 Å². The number of amides is 1. The molecular formula is C30H33N3O4S. The summed E-state index contributed by atoms with van der Waals surface area (Å²) >= 11 is 1.62. The highest BCUT2D eigenvalue weighted by Gasteiger charge is 2.32. The highest BCUT2D eigenvalue weighted by molar-refractivity contribution is 7.16. The van der Waals surface area contributed by atoms with Gasteiger partial charge in [0.2, 0.25) is 0 Å². The Morgan fingerprint density at radius 2 is 1.92 bits per heavy atom. The van der Waals surface area contributed by atoms with E-state index in [2.05, 4.69) is 37.1 Å². The second-order valence-electron chi connectivity index (χ2n) is 10.3. The summed E-state index contributed by atoms with van der Waals surface area (Å²) in [6.07, 6.45) is 4.76. The Kier molecular flexibility index (Phi) is 8.38. The summed E-state index contributed by atoms with van der Waals surface area (Å²) in [6, 6.07) is 14.9. The minimum Gasteiger partial charge on any atom is -0.495 e. The van der Waals surface area contributed by atoms with Crippen LogP contribution in [0.25, 0.3) is 0 Å². The van der Waals surface area contributed by atoms with E-state index in [1.807, 2.05) is 18.2 Å². The maximum absolute atomic E-state index is 12.4. The number of rotatable bonds is 8. The van der Waals surface area contributed by atoms with Crippen LogP contribution in [0.1, 0.15) is 48.8 Å². The largest absolute Gasteiger partial charge is 0.495 e. The quantitative estimate of drug-likeness (QED) is 0.333. The van der Waals surface area contributed by atoms with Crippen molar-refractivity contribution in [3.63, 3.8) is 0 Å². The van der Waals surface area contributed by atoms with Crippen LogP contribution in [-0.2, 0) is 17.6 Å². The van der Waals surface area contributed by atoms with E-state index >= 15 is 0 Å². The molecule has 1 heterocycles.